The number of nitrogens with one attached hydrogen (secondary N) is 2. The van der Waals surface area contributed by atoms with Crippen LogP contribution in [0.5, 0.6) is 0 Å². The molecule has 1 aliphatic rings. The van der Waals surface area contributed by atoms with E-state index in [0.29, 0.717) is 12.4 Å². The Morgan fingerprint density at radius 1 is 1.38 bits per heavy atom. The minimum absolute atomic E-state index is 0.132. The lowest BCUT2D eigenvalue weighted by molar-refractivity contribution is 0.191. The molecule has 1 unspecified atom stereocenters. The normalized spacial score (nSPS) is 17.8. The van der Waals surface area contributed by atoms with Crippen molar-refractivity contribution in [3.8, 4) is 0 Å². The molecule has 2 N–H and O–H groups in total. The lowest BCUT2D eigenvalue weighted by Gasteiger charge is -2.20. The molecule has 2 atom stereocenters. The van der Waals surface area contributed by atoms with Crippen LogP contribution in [-0.2, 0) is 4.74 Å². The van der Waals surface area contributed by atoms with Crippen molar-refractivity contribution in [2.45, 2.75) is 45.7 Å². The molecule has 0 bridgehead atoms. The molecule has 1 aliphatic heterocycles. The number of benzene rings is 1. The van der Waals surface area contributed by atoms with Gasteiger partial charge in [-0.15, -0.1) is 0 Å². The Kier molecular flexibility index (Phi) is 8.37. The van der Waals surface area contributed by atoms with E-state index in [2.05, 4.69) is 36.8 Å². The third kappa shape index (κ3) is 6.15. The highest BCUT2D eigenvalue weighted by molar-refractivity contribution is 6.30. The topological polar surface area (TPSA) is 50.6 Å². The van der Waals surface area contributed by atoms with Crippen LogP contribution in [-0.4, -0.2) is 29.7 Å². The molecule has 2 heterocycles. The molecule has 1 aromatic carbocycles. The Bertz CT molecular complexity index is 1010. The second kappa shape index (κ2) is 11.2. The largest absolute Gasteiger partial charge is 0.379 e. The predicted molar refractivity (Wildman–Crippen MR) is 135 cm³/mol. The van der Waals surface area contributed by atoms with Gasteiger partial charge in [-0.2, -0.15) is 0 Å². The molecule has 170 valence electrons. The molecule has 0 radical (unpaired) electrons. The van der Waals surface area contributed by atoms with Crippen LogP contribution in [0.25, 0.3) is 5.70 Å². The zero-order valence-corrected chi connectivity index (χ0v) is 20.0. The number of hydrogen-bond acceptors (Lipinski definition) is 4. The number of aliphatic imine (C=N–C) groups is 1. The summed E-state index contributed by atoms with van der Waals surface area (Å²) in [5, 5.41) is 7.64. The van der Waals surface area contributed by atoms with Crippen LogP contribution in [0.2, 0.25) is 5.02 Å². The fourth-order valence-electron chi connectivity index (χ4n) is 3.67. The van der Waals surface area contributed by atoms with E-state index in [1.165, 1.54) is 0 Å². The smallest absolute Gasteiger partial charge is 0.141 e. The van der Waals surface area contributed by atoms with Gasteiger partial charge in [-0.05, 0) is 56.0 Å². The molecule has 1 saturated heterocycles. The van der Waals surface area contributed by atoms with Gasteiger partial charge in [-0.25, -0.2) is 4.99 Å². The first-order chi connectivity index (χ1) is 15.4. The van der Waals surface area contributed by atoms with Gasteiger partial charge in [-0.1, -0.05) is 49.9 Å². The third-order valence-electron chi connectivity index (χ3n) is 5.62. The fraction of sp³-hybridized carbons (Fsp3) is 0.346. The van der Waals surface area contributed by atoms with Crippen molar-refractivity contribution >= 4 is 23.1 Å². The van der Waals surface area contributed by atoms with Gasteiger partial charge in [0.2, 0.25) is 0 Å². The van der Waals surface area contributed by atoms with Crippen molar-refractivity contribution < 1.29 is 4.74 Å². The molecule has 0 aliphatic carbocycles. The van der Waals surface area contributed by atoms with Gasteiger partial charge in [0.1, 0.15) is 11.7 Å². The highest BCUT2D eigenvalue weighted by Crippen LogP contribution is 2.24. The highest BCUT2D eigenvalue weighted by atomic mass is 35.5. The number of allylic oxidation sites excluding steroid dienone is 2. The van der Waals surface area contributed by atoms with Crippen molar-refractivity contribution in [2.75, 3.05) is 13.2 Å². The first kappa shape index (κ1) is 23.9. The Morgan fingerprint density at radius 3 is 2.84 bits per heavy atom. The zero-order valence-electron chi connectivity index (χ0n) is 19.2. The van der Waals surface area contributed by atoms with Crippen LogP contribution in [0.3, 0.4) is 0 Å². The van der Waals surface area contributed by atoms with E-state index in [0.717, 1.165) is 52.7 Å². The first-order valence-corrected chi connectivity index (χ1v) is 11.4. The minimum atomic E-state index is 0.132. The van der Waals surface area contributed by atoms with E-state index >= 15 is 0 Å². The molecule has 1 aromatic heterocycles. The fourth-order valence-corrected chi connectivity index (χ4v) is 3.87. The van der Waals surface area contributed by atoms with Gasteiger partial charge in [0.05, 0.1) is 18.7 Å². The SMILES string of the molecule is C=C(/N=C(\C(C)=C/C)n1ccc(C(=C)N[C@H](CC)c2cccc(Cl)c2)c1)NC1CCOC1. The monoisotopic (exact) mass is 452 g/mol. The van der Waals surface area contributed by atoms with Crippen molar-refractivity contribution in [1.82, 2.24) is 15.2 Å². The van der Waals surface area contributed by atoms with Crippen LogP contribution in [0.1, 0.15) is 50.8 Å². The van der Waals surface area contributed by atoms with Crippen LogP contribution < -0.4 is 10.6 Å². The van der Waals surface area contributed by atoms with E-state index in [-0.39, 0.29) is 12.1 Å². The maximum atomic E-state index is 6.18. The molecule has 5 nitrogen and oxygen atoms in total. The number of hydrogen-bond donors (Lipinski definition) is 2. The van der Waals surface area contributed by atoms with E-state index in [4.69, 9.17) is 21.3 Å². The molecule has 6 heteroatoms. The summed E-state index contributed by atoms with van der Waals surface area (Å²) >= 11 is 6.18. The zero-order chi connectivity index (χ0) is 23.1. The van der Waals surface area contributed by atoms with Gasteiger partial charge in [0.15, 0.2) is 0 Å². The van der Waals surface area contributed by atoms with E-state index in [1.807, 2.05) is 61.1 Å². The molecule has 1 fully saturated rings. The number of rotatable bonds is 9. The second-order valence-corrected chi connectivity index (χ2v) is 8.44. The Hall–Kier alpha value is -2.76. The Balaban J connectivity index is 1.76. The Labute approximate surface area is 196 Å². The van der Waals surface area contributed by atoms with Crippen LogP contribution >= 0.6 is 11.6 Å². The minimum Gasteiger partial charge on any atom is -0.379 e. The molecular weight excluding hydrogens is 420 g/mol. The molecular formula is C26H33ClN4O. The molecule has 0 amide bonds. The van der Waals surface area contributed by atoms with Crippen molar-refractivity contribution in [3.63, 3.8) is 0 Å². The second-order valence-electron chi connectivity index (χ2n) is 8.00. The van der Waals surface area contributed by atoms with E-state index < -0.39 is 0 Å². The van der Waals surface area contributed by atoms with Gasteiger partial charge < -0.3 is 19.9 Å². The summed E-state index contributed by atoms with van der Waals surface area (Å²) in [6.45, 7) is 16.0. The summed E-state index contributed by atoms with van der Waals surface area (Å²) in [5.41, 5.74) is 4.06. The van der Waals surface area contributed by atoms with E-state index in [1.54, 1.807) is 0 Å². The van der Waals surface area contributed by atoms with E-state index in [9.17, 15) is 0 Å². The summed E-state index contributed by atoms with van der Waals surface area (Å²) in [4.78, 5) is 4.77. The third-order valence-corrected chi connectivity index (χ3v) is 5.86. The first-order valence-electron chi connectivity index (χ1n) is 11.1. The molecule has 32 heavy (non-hydrogen) atoms. The van der Waals surface area contributed by atoms with Crippen LogP contribution in [0, 0.1) is 0 Å². The van der Waals surface area contributed by atoms with Crippen molar-refractivity contribution in [1.29, 1.82) is 0 Å². The lowest BCUT2D eigenvalue weighted by atomic mass is 10.0. The average Bonchev–Trinajstić information content (AvgIpc) is 3.47. The molecule has 0 spiro atoms. The van der Waals surface area contributed by atoms with Crippen molar-refractivity contribution in [2.24, 2.45) is 4.99 Å². The van der Waals surface area contributed by atoms with Crippen molar-refractivity contribution in [3.05, 3.63) is 89.5 Å². The maximum Gasteiger partial charge on any atom is 0.141 e. The van der Waals surface area contributed by atoms with Gasteiger partial charge >= 0.3 is 0 Å². The Morgan fingerprint density at radius 2 is 2.19 bits per heavy atom. The maximum absolute atomic E-state index is 6.18. The summed E-state index contributed by atoms with van der Waals surface area (Å²) in [6, 6.07) is 10.4. The lowest BCUT2D eigenvalue weighted by Crippen LogP contribution is -2.28. The summed E-state index contributed by atoms with van der Waals surface area (Å²) in [5.74, 6) is 1.46. The summed E-state index contributed by atoms with van der Waals surface area (Å²) < 4.78 is 7.44. The number of ether oxygens (including phenoxy) is 1. The summed E-state index contributed by atoms with van der Waals surface area (Å²) in [7, 11) is 0. The molecule has 2 aromatic rings. The van der Waals surface area contributed by atoms with Gasteiger partial charge in [0, 0.05) is 35.3 Å². The molecule has 0 saturated carbocycles. The summed E-state index contributed by atoms with van der Waals surface area (Å²) in [6.07, 6.45) is 7.97. The predicted octanol–water partition coefficient (Wildman–Crippen LogP) is 5.92. The standard InChI is InChI=1S/C26H33ClN4O/c1-6-18(3)26(30-20(5)29-24-12-14-32-17-24)31-13-11-22(16-31)19(4)28-25(7-2)21-9-8-10-23(27)15-21/h6,8-11,13,15-16,24-25,28-29H,4-5,7,12,14,17H2,1-3H3/b18-6-,30-26+/t24?,25-/m1/s1. The van der Waals surface area contributed by atoms with Gasteiger partial charge in [-0.3, -0.25) is 0 Å². The highest BCUT2D eigenvalue weighted by Gasteiger charge is 2.17. The number of nitrogens with zero attached hydrogens (tertiary/aromatic N) is 2. The number of halogens is 1. The van der Waals surface area contributed by atoms with Crippen LogP contribution in [0.4, 0.5) is 0 Å². The quantitative estimate of drug-likeness (QED) is 0.367. The van der Waals surface area contributed by atoms with Gasteiger partial charge in [0.25, 0.3) is 0 Å². The number of aromatic nitrogens is 1. The molecule has 3 rings (SSSR count). The average molecular weight is 453 g/mol. The van der Waals surface area contributed by atoms with Crippen LogP contribution in [0.15, 0.2) is 78.3 Å².